The van der Waals surface area contributed by atoms with E-state index in [-0.39, 0.29) is 18.4 Å². The van der Waals surface area contributed by atoms with Crippen molar-refractivity contribution in [2.24, 2.45) is 5.92 Å². The van der Waals surface area contributed by atoms with Gasteiger partial charge in [-0.2, -0.15) is 0 Å². The largest absolute Gasteiger partial charge is 0.469 e. The van der Waals surface area contributed by atoms with Crippen molar-refractivity contribution in [3.63, 3.8) is 0 Å². The second kappa shape index (κ2) is 8.80. The van der Waals surface area contributed by atoms with E-state index >= 15 is 0 Å². The molecule has 0 bridgehead atoms. The summed E-state index contributed by atoms with van der Waals surface area (Å²) in [5.74, 6) is 0.260. The highest BCUT2D eigenvalue weighted by Gasteiger charge is 2.23. The van der Waals surface area contributed by atoms with Crippen LogP contribution in [-0.2, 0) is 9.53 Å². The Hall–Kier alpha value is -1.39. The number of aryl methyl sites for hydroxylation is 1. The van der Waals surface area contributed by atoms with E-state index in [1.807, 2.05) is 31.2 Å². The summed E-state index contributed by atoms with van der Waals surface area (Å²) in [4.78, 5) is 11.5. The molecule has 0 saturated carbocycles. The van der Waals surface area contributed by atoms with Gasteiger partial charge in [0, 0.05) is 6.04 Å². The van der Waals surface area contributed by atoms with Gasteiger partial charge in [0.1, 0.15) is 0 Å². The summed E-state index contributed by atoms with van der Waals surface area (Å²) in [5.41, 5.74) is 1.95. The standard InChI is InChI=1S/C17H27NO3/c1-12(2)9-10-18-15(11-16(19)21-4)17(20)14-7-5-13(3)6-8-14/h5-8,12,15,17-18,20H,9-11H2,1-4H3. The third-order valence-corrected chi connectivity index (χ3v) is 3.54. The smallest absolute Gasteiger partial charge is 0.307 e. The summed E-state index contributed by atoms with van der Waals surface area (Å²) in [7, 11) is 1.37. The molecule has 4 heteroatoms. The number of hydrogen-bond acceptors (Lipinski definition) is 4. The zero-order chi connectivity index (χ0) is 15.8. The van der Waals surface area contributed by atoms with Gasteiger partial charge >= 0.3 is 5.97 Å². The number of hydrogen-bond donors (Lipinski definition) is 2. The van der Waals surface area contributed by atoms with Gasteiger partial charge in [-0.1, -0.05) is 43.7 Å². The fourth-order valence-corrected chi connectivity index (χ4v) is 2.11. The molecule has 0 saturated heterocycles. The van der Waals surface area contributed by atoms with Crippen molar-refractivity contribution in [1.82, 2.24) is 5.32 Å². The van der Waals surface area contributed by atoms with Gasteiger partial charge in [-0.05, 0) is 31.4 Å². The zero-order valence-corrected chi connectivity index (χ0v) is 13.4. The monoisotopic (exact) mass is 293 g/mol. The molecule has 1 aromatic carbocycles. The summed E-state index contributed by atoms with van der Waals surface area (Å²) in [6.07, 6.45) is 0.430. The normalized spacial score (nSPS) is 14.0. The van der Waals surface area contributed by atoms with E-state index in [0.717, 1.165) is 24.1 Å². The molecule has 0 aliphatic rings. The summed E-state index contributed by atoms with van der Waals surface area (Å²) < 4.78 is 4.72. The number of nitrogens with one attached hydrogen (secondary N) is 1. The number of carbonyl (C=O) groups excluding carboxylic acids is 1. The Morgan fingerprint density at radius 2 is 1.90 bits per heavy atom. The molecular weight excluding hydrogens is 266 g/mol. The number of aliphatic hydroxyl groups excluding tert-OH is 1. The number of esters is 1. The van der Waals surface area contributed by atoms with Crippen LogP contribution in [0.1, 0.15) is 43.9 Å². The first-order valence-corrected chi connectivity index (χ1v) is 7.49. The van der Waals surface area contributed by atoms with Gasteiger partial charge < -0.3 is 15.2 Å². The van der Waals surface area contributed by atoms with Crippen LogP contribution in [0.15, 0.2) is 24.3 Å². The van der Waals surface area contributed by atoms with E-state index in [0.29, 0.717) is 5.92 Å². The van der Waals surface area contributed by atoms with Crippen molar-refractivity contribution in [2.75, 3.05) is 13.7 Å². The number of rotatable bonds is 8. The van der Waals surface area contributed by atoms with E-state index in [9.17, 15) is 9.90 Å². The maximum atomic E-state index is 11.5. The summed E-state index contributed by atoms with van der Waals surface area (Å²) in [6.45, 7) is 7.06. The van der Waals surface area contributed by atoms with Gasteiger partial charge in [-0.15, -0.1) is 0 Å². The number of benzene rings is 1. The van der Waals surface area contributed by atoms with Crippen molar-refractivity contribution in [3.8, 4) is 0 Å². The van der Waals surface area contributed by atoms with Crippen molar-refractivity contribution in [1.29, 1.82) is 0 Å². The molecule has 4 nitrogen and oxygen atoms in total. The summed E-state index contributed by atoms with van der Waals surface area (Å²) in [5, 5.41) is 13.8. The third kappa shape index (κ3) is 6.27. The first-order valence-electron chi connectivity index (χ1n) is 7.49. The third-order valence-electron chi connectivity index (χ3n) is 3.54. The number of methoxy groups -OCH3 is 1. The van der Waals surface area contributed by atoms with Crippen LogP contribution in [0.5, 0.6) is 0 Å². The molecule has 0 spiro atoms. The Balaban J connectivity index is 2.73. The van der Waals surface area contributed by atoms with Crippen LogP contribution in [0.25, 0.3) is 0 Å². The lowest BCUT2D eigenvalue weighted by Gasteiger charge is -2.24. The quantitative estimate of drug-likeness (QED) is 0.723. The molecule has 118 valence electrons. The van der Waals surface area contributed by atoms with E-state index in [1.165, 1.54) is 7.11 Å². The summed E-state index contributed by atoms with van der Waals surface area (Å²) >= 11 is 0. The van der Waals surface area contributed by atoms with Crippen LogP contribution in [0.2, 0.25) is 0 Å². The first kappa shape index (κ1) is 17.7. The van der Waals surface area contributed by atoms with Crippen molar-refractivity contribution >= 4 is 5.97 Å². The fourth-order valence-electron chi connectivity index (χ4n) is 2.11. The minimum absolute atomic E-state index is 0.156. The lowest BCUT2D eigenvalue weighted by Crippen LogP contribution is -2.38. The lowest BCUT2D eigenvalue weighted by atomic mass is 9.98. The molecular formula is C17H27NO3. The van der Waals surface area contributed by atoms with Gasteiger partial charge in [0.05, 0.1) is 19.6 Å². The predicted octanol–water partition coefficient (Wildman–Crippen LogP) is 2.60. The Bertz CT molecular complexity index is 428. The Kier molecular flexibility index (Phi) is 7.40. The highest BCUT2D eigenvalue weighted by atomic mass is 16.5. The van der Waals surface area contributed by atoms with E-state index in [1.54, 1.807) is 0 Å². The Morgan fingerprint density at radius 3 is 2.43 bits per heavy atom. The minimum atomic E-state index is -0.725. The molecule has 2 unspecified atom stereocenters. The van der Waals surface area contributed by atoms with Crippen LogP contribution in [0.4, 0.5) is 0 Å². The van der Waals surface area contributed by atoms with Crippen LogP contribution < -0.4 is 5.32 Å². The number of carbonyl (C=O) groups is 1. The van der Waals surface area contributed by atoms with Gasteiger partial charge in [-0.3, -0.25) is 4.79 Å². The molecule has 0 fully saturated rings. The molecule has 1 aromatic rings. The second-order valence-corrected chi connectivity index (χ2v) is 5.88. The maximum absolute atomic E-state index is 11.5. The van der Waals surface area contributed by atoms with Gasteiger partial charge in [0.2, 0.25) is 0 Å². The number of aliphatic hydroxyl groups is 1. The molecule has 0 aromatic heterocycles. The van der Waals surface area contributed by atoms with E-state index < -0.39 is 6.10 Å². The average molecular weight is 293 g/mol. The molecule has 21 heavy (non-hydrogen) atoms. The predicted molar refractivity (Wildman–Crippen MR) is 84.0 cm³/mol. The van der Waals surface area contributed by atoms with Gasteiger partial charge in [0.25, 0.3) is 0 Å². The Labute approximate surface area is 127 Å². The highest BCUT2D eigenvalue weighted by molar-refractivity contribution is 5.70. The Morgan fingerprint density at radius 1 is 1.29 bits per heavy atom. The maximum Gasteiger partial charge on any atom is 0.307 e. The number of ether oxygens (including phenoxy) is 1. The molecule has 0 radical (unpaired) electrons. The molecule has 0 heterocycles. The SMILES string of the molecule is COC(=O)CC(NCCC(C)C)C(O)c1ccc(C)cc1. The first-order chi connectivity index (χ1) is 9.93. The fraction of sp³-hybridized carbons (Fsp3) is 0.588. The molecule has 2 atom stereocenters. The highest BCUT2D eigenvalue weighted by Crippen LogP contribution is 2.20. The van der Waals surface area contributed by atoms with E-state index in [4.69, 9.17) is 4.74 Å². The molecule has 0 aliphatic carbocycles. The minimum Gasteiger partial charge on any atom is -0.469 e. The molecule has 2 N–H and O–H groups in total. The molecule has 0 aliphatic heterocycles. The van der Waals surface area contributed by atoms with Crippen LogP contribution in [0, 0.1) is 12.8 Å². The average Bonchev–Trinajstić information content (AvgIpc) is 2.45. The van der Waals surface area contributed by atoms with Crippen LogP contribution in [-0.4, -0.2) is 30.8 Å². The topological polar surface area (TPSA) is 58.6 Å². The zero-order valence-electron chi connectivity index (χ0n) is 13.4. The van der Waals surface area contributed by atoms with Crippen molar-refractivity contribution < 1.29 is 14.6 Å². The lowest BCUT2D eigenvalue weighted by molar-refractivity contribution is -0.142. The second-order valence-electron chi connectivity index (χ2n) is 5.88. The van der Waals surface area contributed by atoms with Crippen LogP contribution >= 0.6 is 0 Å². The van der Waals surface area contributed by atoms with Crippen molar-refractivity contribution in [3.05, 3.63) is 35.4 Å². The molecule has 0 amide bonds. The van der Waals surface area contributed by atoms with Crippen molar-refractivity contribution in [2.45, 2.75) is 45.8 Å². The van der Waals surface area contributed by atoms with E-state index in [2.05, 4.69) is 19.2 Å². The van der Waals surface area contributed by atoms with Gasteiger partial charge in [-0.25, -0.2) is 0 Å². The van der Waals surface area contributed by atoms with Gasteiger partial charge in [0.15, 0.2) is 0 Å². The molecule has 1 rings (SSSR count). The summed E-state index contributed by atoms with van der Waals surface area (Å²) in [6, 6.07) is 7.38. The van der Waals surface area contributed by atoms with Crippen LogP contribution in [0.3, 0.4) is 0 Å².